The van der Waals surface area contributed by atoms with Gasteiger partial charge in [-0.05, 0) is 40.6 Å². The maximum absolute atomic E-state index is 11.3. The number of nitrogens with zero attached hydrogens (tertiary/aromatic N) is 1. The molecule has 0 heterocycles. The van der Waals surface area contributed by atoms with Crippen LogP contribution >= 0.6 is 0 Å². The Bertz CT molecular complexity index is 440. The summed E-state index contributed by atoms with van der Waals surface area (Å²) in [6, 6.07) is 8.74. The van der Waals surface area contributed by atoms with Crippen LogP contribution in [0, 0.1) is 16.7 Å². The van der Waals surface area contributed by atoms with E-state index in [0.717, 1.165) is 5.56 Å². The highest BCUT2D eigenvalue weighted by Crippen LogP contribution is 2.33. The molecule has 0 fully saturated rings. The third-order valence-electron chi connectivity index (χ3n) is 2.44. The summed E-state index contributed by atoms with van der Waals surface area (Å²) in [6.07, 6.45) is 0.564. The highest BCUT2D eigenvalue weighted by Gasteiger charge is 2.21. The molecule has 0 amide bonds. The van der Waals surface area contributed by atoms with Gasteiger partial charge in [0.05, 0.1) is 11.6 Å². The van der Waals surface area contributed by atoms with Crippen LogP contribution in [0.15, 0.2) is 24.3 Å². The summed E-state index contributed by atoms with van der Waals surface area (Å²) in [5.41, 5.74) is 1.23. The van der Waals surface area contributed by atoms with Crippen molar-refractivity contribution in [2.75, 3.05) is 0 Å². The van der Waals surface area contributed by atoms with E-state index in [0.29, 0.717) is 12.0 Å². The van der Waals surface area contributed by atoms with Crippen LogP contribution in [0.25, 0.3) is 0 Å². The van der Waals surface area contributed by atoms with Crippen molar-refractivity contribution in [3.63, 3.8) is 0 Å². The molecule has 2 atom stereocenters. The third kappa shape index (κ3) is 4.29. The SMILES string of the molecule is CC(C)(C)CC(c1ccc(C#N)cc1)S(=O)[O-]. The fourth-order valence-electron chi connectivity index (χ4n) is 1.63. The highest BCUT2D eigenvalue weighted by atomic mass is 32.2. The minimum Gasteiger partial charge on any atom is -0.772 e. The number of nitriles is 1. The Labute approximate surface area is 105 Å². The molecule has 0 aliphatic rings. The second-order valence-electron chi connectivity index (χ2n) is 5.25. The van der Waals surface area contributed by atoms with Crippen molar-refractivity contribution >= 4 is 11.1 Å². The van der Waals surface area contributed by atoms with E-state index in [1.165, 1.54) is 0 Å². The topological polar surface area (TPSA) is 63.9 Å². The van der Waals surface area contributed by atoms with E-state index in [2.05, 4.69) is 0 Å². The molecule has 1 aromatic carbocycles. The molecule has 0 N–H and O–H groups in total. The van der Waals surface area contributed by atoms with Gasteiger partial charge < -0.3 is 4.55 Å². The molecule has 0 aromatic heterocycles. The zero-order valence-electron chi connectivity index (χ0n) is 10.3. The quantitative estimate of drug-likeness (QED) is 0.775. The average molecular weight is 250 g/mol. The Hall–Kier alpha value is -1.18. The van der Waals surface area contributed by atoms with E-state index in [9.17, 15) is 8.76 Å². The first kappa shape index (κ1) is 13.9. The zero-order chi connectivity index (χ0) is 13.1. The molecule has 1 rings (SSSR count). The van der Waals surface area contributed by atoms with Crippen LogP contribution in [0.5, 0.6) is 0 Å². The second kappa shape index (κ2) is 5.44. The number of hydrogen-bond acceptors (Lipinski definition) is 3. The van der Waals surface area contributed by atoms with Crippen molar-refractivity contribution in [1.82, 2.24) is 0 Å². The van der Waals surface area contributed by atoms with Crippen molar-refractivity contribution in [2.45, 2.75) is 32.4 Å². The van der Waals surface area contributed by atoms with E-state index in [1.807, 2.05) is 26.8 Å². The maximum Gasteiger partial charge on any atom is 0.0991 e. The van der Waals surface area contributed by atoms with Crippen LogP contribution in [0.2, 0.25) is 0 Å². The van der Waals surface area contributed by atoms with Gasteiger partial charge in [-0.1, -0.05) is 32.9 Å². The lowest BCUT2D eigenvalue weighted by Gasteiger charge is -2.28. The molecule has 3 nitrogen and oxygen atoms in total. The fraction of sp³-hybridized carbons (Fsp3) is 0.462. The summed E-state index contributed by atoms with van der Waals surface area (Å²) in [5.74, 6) is 0. The van der Waals surface area contributed by atoms with E-state index in [-0.39, 0.29) is 5.41 Å². The lowest BCUT2D eigenvalue weighted by atomic mass is 9.88. The van der Waals surface area contributed by atoms with Gasteiger partial charge in [0.15, 0.2) is 0 Å². The lowest BCUT2D eigenvalue weighted by molar-refractivity contribution is 0.364. The summed E-state index contributed by atoms with van der Waals surface area (Å²) >= 11 is -2.14. The predicted octanol–water partition coefficient (Wildman–Crippen LogP) is 2.91. The molecule has 0 saturated heterocycles. The molecule has 0 spiro atoms. The van der Waals surface area contributed by atoms with Gasteiger partial charge in [-0.3, -0.25) is 4.21 Å². The van der Waals surface area contributed by atoms with Gasteiger partial charge >= 0.3 is 0 Å². The third-order valence-corrected chi connectivity index (χ3v) is 3.35. The highest BCUT2D eigenvalue weighted by molar-refractivity contribution is 7.79. The van der Waals surface area contributed by atoms with Gasteiger partial charge in [0.1, 0.15) is 0 Å². The monoisotopic (exact) mass is 250 g/mol. The molecular weight excluding hydrogens is 234 g/mol. The molecule has 92 valence electrons. The zero-order valence-corrected chi connectivity index (χ0v) is 11.1. The van der Waals surface area contributed by atoms with Crippen LogP contribution in [0.1, 0.15) is 43.6 Å². The largest absolute Gasteiger partial charge is 0.772 e. The average Bonchev–Trinajstić information content (AvgIpc) is 2.25. The van der Waals surface area contributed by atoms with Crippen LogP contribution < -0.4 is 0 Å². The fourth-order valence-corrected chi connectivity index (χ4v) is 2.64. The molecule has 0 aliphatic carbocycles. The minimum atomic E-state index is -2.14. The molecule has 0 radical (unpaired) electrons. The van der Waals surface area contributed by atoms with Crippen molar-refractivity contribution in [3.05, 3.63) is 35.4 Å². The van der Waals surface area contributed by atoms with Gasteiger partial charge in [0.2, 0.25) is 0 Å². The minimum absolute atomic E-state index is 0.0569. The Morgan fingerprint density at radius 2 is 1.88 bits per heavy atom. The molecule has 1 aromatic rings. The molecule has 0 saturated carbocycles. The molecule has 17 heavy (non-hydrogen) atoms. The van der Waals surface area contributed by atoms with Crippen molar-refractivity contribution < 1.29 is 8.76 Å². The summed E-state index contributed by atoms with van der Waals surface area (Å²) in [5, 5.41) is 8.18. The summed E-state index contributed by atoms with van der Waals surface area (Å²) in [7, 11) is 0. The van der Waals surface area contributed by atoms with E-state index in [1.54, 1.807) is 24.3 Å². The summed E-state index contributed by atoms with van der Waals surface area (Å²) in [4.78, 5) is 0. The Balaban J connectivity index is 2.99. The van der Waals surface area contributed by atoms with Crippen molar-refractivity contribution in [3.8, 4) is 6.07 Å². The summed E-state index contributed by atoms with van der Waals surface area (Å²) in [6.45, 7) is 6.03. The Kier molecular flexibility index (Phi) is 4.44. The second-order valence-corrected chi connectivity index (χ2v) is 6.34. The molecule has 4 heteroatoms. The molecular formula is C13H16NO2S-. The van der Waals surface area contributed by atoms with Crippen molar-refractivity contribution in [2.24, 2.45) is 5.41 Å². The number of rotatable bonds is 3. The first-order valence-corrected chi connectivity index (χ1v) is 6.55. The van der Waals surface area contributed by atoms with Gasteiger partial charge in [0, 0.05) is 5.25 Å². The van der Waals surface area contributed by atoms with Crippen LogP contribution in [0.3, 0.4) is 0 Å². The molecule has 0 aliphatic heterocycles. The first-order chi connectivity index (χ1) is 7.83. The Morgan fingerprint density at radius 3 is 2.24 bits per heavy atom. The normalized spacial score (nSPS) is 15.0. The van der Waals surface area contributed by atoms with Gasteiger partial charge in [0.25, 0.3) is 0 Å². The van der Waals surface area contributed by atoms with Gasteiger partial charge in [-0.15, -0.1) is 0 Å². The smallest absolute Gasteiger partial charge is 0.0991 e. The van der Waals surface area contributed by atoms with Crippen LogP contribution in [-0.4, -0.2) is 8.76 Å². The standard InChI is InChI=1S/C13H17NO2S/c1-13(2,3)8-12(17(15)16)11-6-4-10(9-14)5-7-11/h4-7,12H,8H2,1-3H3,(H,15,16)/p-1. The van der Waals surface area contributed by atoms with E-state index >= 15 is 0 Å². The first-order valence-electron chi connectivity index (χ1n) is 5.41. The maximum atomic E-state index is 11.3. The molecule has 0 bridgehead atoms. The lowest BCUT2D eigenvalue weighted by Crippen LogP contribution is -2.15. The van der Waals surface area contributed by atoms with Crippen molar-refractivity contribution in [1.29, 1.82) is 5.26 Å². The number of benzene rings is 1. The van der Waals surface area contributed by atoms with Gasteiger partial charge in [-0.2, -0.15) is 5.26 Å². The molecule has 2 unspecified atom stereocenters. The van der Waals surface area contributed by atoms with E-state index < -0.39 is 16.3 Å². The van der Waals surface area contributed by atoms with Crippen LogP contribution in [0.4, 0.5) is 0 Å². The number of hydrogen-bond donors (Lipinski definition) is 0. The van der Waals surface area contributed by atoms with Crippen LogP contribution in [-0.2, 0) is 11.1 Å². The predicted molar refractivity (Wildman–Crippen MR) is 66.9 cm³/mol. The Morgan fingerprint density at radius 1 is 1.35 bits per heavy atom. The summed E-state index contributed by atoms with van der Waals surface area (Å²) < 4.78 is 22.5. The van der Waals surface area contributed by atoms with Gasteiger partial charge in [-0.25, -0.2) is 0 Å². The van der Waals surface area contributed by atoms with E-state index in [4.69, 9.17) is 5.26 Å².